The normalized spacial score (nSPS) is 14.0. The van der Waals surface area contributed by atoms with Gasteiger partial charge >= 0.3 is 0 Å². The predicted molar refractivity (Wildman–Crippen MR) is 110 cm³/mol. The molecule has 7 nitrogen and oxygen atoms in total. The van der Waals surface area contributed by atoms with Crippen molar-refractivity contribution in [3.8, 4) is 5.75 Å². The lowest BCUT2D eigenvalue weighted by Gasteiger charge is -2.12. The highest BCUT2D eigenvalue weighted by Gasteiger charge is 2.23. The Bertz CT molecular complexity index is 1150. The van der Waals surface area contributed by atoms with E-state index in [1.165, 1.54) is 23.1 Å². The fourth-order valence-corrected chi connectivity index (χ4v) is 5.34. The molecule has 0 saturated carbocycles. The van der Waals surface area contributed by atoms with Gasteiger partial charge in [-0.05, 0) is 49.9 Å². The third-order valence-corrected chi connectivity index (χ3v) is 6.80. The van der Waals surface area contributed by atoms with Crippen LogP contribution in [0.15, 0.2) is 28.2 Å². The molecule has 9 heteroatoms. The van der Waals surface area contributed by atoms with Gasteiger partial charge in [0, 0.05) is 10.4 Å². The summed E-state index contributed by atoms with van der Waals surface area (Å²) in [5.41, 5.74) is 1.45. The fraction of sp³-hybridized carbons (Fsp3) is 0.263. The maximum absolute atomic E-state index is 12.5. The topological polar surface area (TPSA) is 112 Å². The number of carbonyl (C=O) groups is 2. The molecule has 28 heavy (non-hydrogen) atoms. The van der Waals surface area contributed by atoms with Gasteiger partial charge in [-0.3, -0.25) is 14.4 Å². The van der Waals surface area contributed by atoms with E-state index in [4.69, 9.17) is 0 Å². The van der Waals surface area contributed by atoms with Gasteiger partial charge in [0.2, 0.25) is 5.91 Å². The molecule has 0 fully saturated rings. The van der Waals surface area contributed by atoms with Gasteiger partial charge in [0.25, 0.3) is 5.56 Å². The van der Waals surface area contributed by atoms with Crippen molar-refractivity contribution in [2.75, 3.05) is 5.32 Å². The molecule has 1 aliphatic rings. The van der Waals surface area contributed by atoms with Crippen LogP contribution < -0.4 is 10.9 Å². The summed E-state index contributed by atoms with van der Waals surface area (Å²) in [6.07, 6.45) is 3.60. The molecule has 1 aromatic carbocycles. The number of aldehydes is 1. The predicted octanol–water partition coefficient (Wildman–Crippen LogP) is 3.11. The molecule has 0 spiro atoms. The lowest BCUT2D eigenvalue weighted by Crippen LogP contribution is -2.23. The van der Waals surface area contributed by atoms with Gasteiger partial charge < -0.3 is 15.4 Å². The second-order valence-corrected chi connectivity index (χ2v) is 8.97. The zero-order valence-corrected chi connectivity index (χ0v) is 16.6. The third kappa shape index (κ3) is 3.43. The number of aryl methyl sites for hydroxylation is 2. The molecule has 0 radical (unpaired) electrons. The summed E-state index contributed by atoms with van der Waals surface area (Å²) in [5.74, 6) is -0.503. The van der Waals surface area contributed by atoms with Crippen molar-refractivity contribution in [3.63, 3.8) is 0 Å². The molecule has 1 atom stereocenters. The number of fused-ring (bicyclic) bond motifs is 3. The Hall–Kier alpha value is -2.65. The summed E-state index contributed by atoms with van der Waals surface area (Å²) in [6.45, 7) is 1.68. The van der Waals surface area contributed by atoms with Gasteiger partial charge in [0.05, 0.1) is 16.3 Å². The zero-order chi connectivity index (χ0) is 19.8. The van der Waals surface area contributed by atoms with E-state index in [-0.39, 0.29) is 22.9 Å². The number of aromatic nitrogens is 2. The van der Waals surface area contributed by atoms with E-state index < -0.39 is 5.25 Å². The number of thioether (sulfide) groups is 1. The Morgan fingerprint density at radius 3 is 3.04 bits per heavy atom. The summed E-state index contributed by atoms with van der Waals surface area (Å²) in [6, 6.07) is 4.20. The first-order valence-electron chi connectivity index (χ1n) is 8.76. The first kappa shape index (κ1) is 18.7. The summed E-state index contributed by atoms with van der Waals surface area (Å²) in [4.78, 5) is 45.1. The SMILES string of the molecule is CC(Sc1nc2sc3c(c2c(=O)[nH]1)CCC3)C(=O)Nc1cc(C=O)ccc1O. The number of hydrogen-bond donors (Lipinski definition) is 3. The number of amides is 1. The van der Waals surface area contributed by atoms with Crippen molar-refractivity contribution < 1.29 is 14.7 Å². The number of H-pyrrole nitrogens is 1. The second-order valence-electron chi connectivity index (χ2n) is 6.55. The first-order chi connectivity index (χ1) is 13.5. The summed E-state index contributed by atoms with van der Waals surface area (Å²) in [7, 11) is 0. The number of aromatic amines is 1. The van der Waals surface area contributed by atoms with E-state index in [2.05, 4.69) is 15.3 Å². The molecule has 4 rings (SSSR count). The lowest BCUT2D eigenvalue weighted by molar-refractivity contribution is -0.115. The van der Waals surface area contributed by atoms with Crippen LogP contribution in [0.1, 0.15) is 34.1 Å². The highest BCUT2D eigenvalue weighted by molar-refractivity contribution is 8.00. The molecule has 3 aromatic rings. The van der Waals surface area contributed by atoms with Crippen LogP contribution in [0.5, 0.6) is 5.75 Å². The maximum atomic E-state index is 12.5. The molecule has 3 N–H and O–H groups in total. The minimum Gasteiger partial charge on any atom is -0.506 e. The fourth-order valence-electron chi connectivity index (χ4n) is 3.22. The summed E-state index contributed by atoms with van der Waals surface area (Å²) in [5, 5.41) is 12.9. The maximum Gasteiger partial charge on any atom is 0.260 e. The average Bonchev–Trinajstić information content (AvgIpc) is 3.24. The minimum absolute atomic E-state index is 0.128. The van der Waals surface area contributed by atoms with Crippen LogP contribution in [0.2, 0.25) is 0 Å². The summed E-state index contributed by atoms with van der Waals surface area (Å²) >= 11 is 2.68. The summed E-state index contributed by atoms with van der Waals surface area (Å²) < 4.78 is 0. The van der Waals surface area contributed by atoms with E-state index in [1.807, 2.05) is 0 Å². The number of phenolic OH excluding ortho intramolecular Hbond substituents is 1. The number of thiophene rings is 1. The molecule has 2 aromatic heterocycles. The van der Waals surface area contributed by atoms with Crippen molar-refractivity contribution in [1.29, 1.82) is 0 Å². The van der Waals surface area contributed by atoms with Crippen molar-refractivity contribution in [3.05, 3.63) is 44.6 Å². The molecule has 0 saturated heterocycles. The largest absolute Gasteiger partial charge is 0.506 e. The van der Waals surface area contributed by atoms with Crippen molar-refractivity contribution in [2.24, 2.45) is 0 Å². The third-order valence-electron chi connectivity index (χ3n) is 4.63. The molecule has 0 aliphatic heterocycles. The van der Waals surface area contributed by atoms with Crippen molar-refractivity contribution in [1.82, 2.24) is 9.97 Å². The van der Waals surface area contributed by atoms with Gasteiger partial charge in [-0.15, -0.1) is 11.3 Å². The number of aromatic hydroxyl groups is 1. The molecule has 1 amide bonds. The number of phenols is 1. The van der Waals surface area contributed by atoms with E-state index in [1.54, 1.807) is 18.3 Å². The van der Waals surface area contributed by atoms with Crippen LogP contribution in [0.25, 0.3) is 10.2 Å². The molecule has 0 bridgehead atoms. The number of carbonyl (C=O) groups excluding carboxylic acids is 2. The highest BCUT2D eigenvalue weighted by atomic mass is 32.2. The Balaban J connectivity index is 1.53. The Labute approximate surface area is 168 Å². The molecule has 2 heterocycles. The number of benzene rings is 1. The van der Waals surface area contributed by atoms with Gasteiger partial charge in [0.15, 0.2) is 5.16 Å². The van der Waals surface area contributed by atoms with Crippen LogP contribution in [0.3, 0.4) is 0 Å². The Kier molecular flexibility index (Phi) is 4.94. The van der Waals surface area contributed by atoms with Gasteiger partial charge in [-0.1, -0.05) is 11.8 Å². The minimum atomic E-state index is -0.577. The number of anilines is 1. The average molecular weight is 415 g/mol. The highest BCUT2D eigenvalue weighted by Crippen LogP contribution is 2.35. The quantitative estimate of drug-likeness (QED) is 0.255. The van der Waals surface area contributed by atoms with E-state index in [0.29, 0.717) is 27.2 Å². The van der Waals surface area contributed by atoms with Crippen LogP contribution >= 0.6 is 23.1 Å². The van der Waals surface area contributed by atoms with E-state index >= 15 is 0 Å². The smallest absolute Gasteiger partial charge is 0.260 e. The first-order valence-corrected chi connectivity index (χ1v) is 10.5. The lowest BCUT2D eigenvalue weighted by atomic mass is 10.2. The molecule has 1 unspecified atom stereocenters. The molecular weight excluding hydrogens is 398 g/mol. The number of rotatable bonds is 5. The van der Waals surface area contributed by atoms with Crippen LogP contribution in [-0.2, 0) is 17.6 Å². The van der Waals surface area contributed by atoms with E-state index in [9.17, 15) is 19.5 Å². The molecule has 144 valence electrons. The van der Waals surface area contributed by atoms with Crippen LogP contribution in [0, 0.1) is 0 Å². The van der Waals surface area contributed by atoms with E-state index in [0.717, 1.165) is 36.6 Å². The Morgan fingerprint density at radius 2 is 2.25 bits per heavy atom. The molecular formula is C19H17N3O4S2. The monoisotopic (exact) mass is 415 g/mol. The standard InChI is InChI=1S/C19H17N3O4S2/c1-9(16(25)20-12-7-10(8-23)5-6-13(12)24)27-19-21-17(26)15-11-3-2-4-14(11)28-18(15)22-19/h5-9,24H,2-4H2,1H3,(H,20,25)(H,21,22,26). The number of nitrogens with one attached hydrogen (secondary N) is 2. The van der Waals surface area contributed by atoms with Gasteiger partial charge in [0.1, 0.15) is 16.9 Å². The Morgan fingerprint density at radius 1 is 1.43 bits per heavy atom. The van der Waals surface area contributed by atoms with Gasteiger partial charge in [-0.2, -0.15) is 0 Å². The molecule has 1 aliphatic carbocycles. The zero-order valence-electron chi connectivity index (χ0n) is 14.9. The second kappa shape index (κ2) is 7.40. The van der Waals surface area contributed by atoms with Crippen LogP contribution in [0.4, 0.5) is 5.69 Å². The van der Waals surface area contributed by atoms with Crippen molar-refractivity contribution >= 4 is 51.2 Å². The number of nitrogens with zero attached hydrogens (tertiary/aromatic N) is 1. The van der Waals surface area contributed by atoms with Crippen molar-refractivity contribution in [2.45, 2.75) is 36.6 Å². The van der Waals surface area contributed by atoms with Crippen LogP contribution in [-0.4, -0.2) is 32.5 Å². The number of hydrogen-bond acceptors (Lipinski definition) is 7. The van der Waals surface area contributed by atoms with Gasteiger partial charge in [-0.25, -0.2) is 4.98 Å².